The molecule has 1 aromatic carbocycles. The van der Waals surface area contributed by atoms with E-state index >= 15 is 0 Å². The summed E-state index contributed by atoms with van der Waals surface area (Å²) in [6.45, 7) is 4.03. The van der Waals surface area contributed by atoms with Crippen molar-refractivity contribution in [1.29, 1.82) is 0 Å². The first-order chi connectivity index (χ1) is 8.65. The molecule has 1 aliphatic heterocycles. The van der Waals surface area contributed by atoms with Gasteiger partial charge in [-0.3, -0.25) is 4.79 Å². The summed E-state index contributed by atoms with van der Waals surface area (Å²) in [5.74, 6) is -0.460. The molecule has 1 aliphatic rings. The molecule has 2 rings (SSSR count). The Bertz CT molecular complexity index is 485. The first-order valence-electron chi connectivity index (χ1n) is 6.04. The fourth-order valence-corrected chi connectivity index (χ4v) is 1.88. The summed E-state index contributed by atoms with van der Waals surface area (Å²) in [6.07, 6.45) is 0.713. The van der Waals surface area contributed by atoms with E-state index in [2.05, 4.69) is 10.6 Å². The lowest BCUT2D eigenvalue weighted by molar-refractivity contribution is -0.117. The van der Waals surface area contributed by atoms with Crippen LogP contribution in [0, 0.1) is 0 Å². The van der Waals surface area contributed by atoms with Crippen molar-refractivity contribution < 1.29 is 14.3 Å². The zero-order valence-corrected chi connectivity index (χ0v) is 10.4. The monoisotopic (exact) mass is 248 g/mol. The van der Waals surface area contributed by atoms with Crippen LogP contribution in [0.25, 0.3) is 0 Å². The van der Waals surface area contributed by atoms with Gasteiger partial charge in [0.2, 0.25) is 5.91 Å². The highest BCUT2D eigenvalue weighted by Gasteiger charge is 2.24. The third kappa shape index (κ3) is 2.30. The number of carbonyl (C=O) groups excluding carboxylic acids is 2. The lowest BCUT2D eigenvalue weighted by Crippen LogP contribution is -2.38. The van der Waals surface area contributed by atoms with Crippen LogP contribution in [0.2, 0.25) is 0 Å². The molecule has 18 heavy (non-hydrogen) atoms. The smallest absolute Gasteiger partial charge is 0.338 e. The SMILES string of the molecule is CCOC(=O)c1ccc2c(c1)NC(=O)C(CC)N2. The van der Waals surface area contributed by atoms with E-state index in [0.29, 0.717) is 24.3 Å². The molecular formula is C13H16N2O3. The number of anilines is 2. The van der Waals surface area contributed by atoms with Gasteiger partial charge in [0.1, 0.15) is 6.04 Å². The zero-order chi connectivity index (χ0) is 13.1. The van der Waals surface area contributed by atoms with Gasteiger partial charge in [-0.25, -0.2) is 4.79 Å². The van der Waals surface area contributed by atoms with E-state index in [9.17, 15) is 9.59 Å². The summed E-state index contributed by atoms with van der Waals surface area (Å²) in [4.78, 5) is 23.3. The van der Waals surface area contributed by atoms with E-state index < -0.39 is 0 Å². The van der Waals surface area contributed by atoms with Crippen LogP contribution in [-0.2, 0) is 9.53 Å². The Hall–Kier alpha value is -2.04. The summed E-state index contributed by atoms with van der Waals surface area (Å²) in [7, 11) is 0. The maximum Gasteiger partial charge on any atom is 0.338 e. The summed E-state index contributed by atoms with van der Waals surface area (Å²) in [6, 6.07) is 4.88. The van der Waals surface area contributed by atoms with Crippen molar-refractivity contribution in [2.75, 3.05) is 17.2 Å². The van der Waals surface area contributed by atoms with E-state index in [1.807, 2.05) is 6.92 Å². The predicted octanol–water partition coefficient (Wildman–Crippen LogP) is 2.01. The fraction of sp³-hybridized carbons (Fsp3) is 0.385. The van der Waals surface area contributed by atoms with Gasteiger partial charge in [0.25, 0.3) is 0 Å². The van der Waals surface area contributed by atoms with Gasteiger partial charge in [-0.05, 0) is 31.5 Å². The van der Waals surface area contributed by atoms with Crippen molar-refractivity contribution in [3.63, 3.8) is 0 Å². The van der Waals surface area contributed by atoms with E-state index in [4.69, 9.17) is 4.74 Å². The molecule has 2 N–H and O–H groups in total. The van der Waals surface area contributed by atoms with Gasteiger partial charge in [0, 0.05) is 0 Å². The number of hydrogen-bond donors (Lipinski definition) is 2. The summed E-state index contributed by atoms with van der Waals surface area (Å²) >= 11 is 0. The summed E-state index contributed by atoms with van der Waals surface area (Å²) in [5, 5.41) is 5.92. The molecule has 1 aromatic rings. The second-order valence-electron chi connectivity index (χ2n) is 4.08. The van der Waals surface area contributed by atoms with Crippen molar-refractivity contribution in [1.82, 2.24) is 0 Å². The topological polar surface area (TPSA) is 67.4 Å². The molecule has 0 aromatic heterocycles. The molecule has 0 fully saturated rings. The standard InChI is InChI=1S/C13H16N2O3/c1-3-9-12(16)15-11-7-8(13(17)18-4-2)5-6-10(11)14-9/h5-7,9,14H,3-4H2,1-2H3,(H,15,16). The van der Waals surface area contributed by atoms with Gasteiger partial charge in [-0.2, -0.15) is 0 Å². The maximum atomic E-state index is 11.7. The van der Waals surface area contributed by atoms with Crippen LogP contribution in [0.15, 0.2) is 18.2 Å². The highest BCUT2D eigenvalue weighted by Crippen LogP contribution is 2.28. The molecule has 0 spiro atoms. The molecular weight excluding hydrogens is 232 g/mol. The van der Waals surface area contributed by atoms with Crippen LogP contribution in [0.1, 0.15) is 30.6 Å². The molecule has 1 unspecified atom stereocenters. The molecule has 5 nitrogen and oxygen atoms in total. The Morgan fingerprint density at radius 1 is 1.33 bits per heavy atom. The fourth-order valence-electron chi connectivity index (χ4n) is 1.88. The second-order valence-corrected chi connectivity index (χ2v) is 4.08. The lowest BCUT2D eigenvalue weighted by atomic mass is 10.1. The van der Waals surface area contributed by atoms with Gasteiger partial charge in [-0.15, -0.1) is 0 Å². The Morgan fingerprint density at radius 2 is 2.11 bits per heavy atom. The number of benzene rings is 1. The van der Waals surface area contributed by atoms with Crippen molar-refractivity contribution in [3.05, 3.63) is 23.8 Å². The minimum absolute atomic E-state index is 0.0778. The molecule has 0 aliphatic carbocycles. The Labute approximate surface area is 106 Å². The number of nitrogens with one attached hydrogen (secondary N) is 2. The molecule has 1 heterocycles. The predicted molar refractivity (Wildman–Crippen MR) is 68.7 cm³/mol. The number of ether oxygens (including phenoxy) is 1. The van der Waals surface area contributed by atoms with Gasteiger partial charge in [-0.1, -0.05) is 6.92 Å². The third-order valence-electron chi connectivity index (χ3n) is 2.84. The maximum absolute atomic E-state index is 11.7. The van der Waals surface area contributed by atoms with Gasteiger partial charge in [0.05, 0.1) is 23.5 Å². The molecule has 0 saturated carbocycles. The summed E-state index contributed by atoms with van der Waals surface area (Å²) < 4.78 is 4.92. The largest absolute Gasteiger partial charge is 0.462 e. The quantitative estimate of drug-likeness (QED) is 0.803. The van der Waals surface area contributed by atoms with Crippen LogP contribution in [-0.4, -0.2) is 24.5 Å². The molecule has 1 atom stereocenters. The average molecular weight is 248 g/mol. The Kier molecular flexibility index (Phi) is 3.50. The molecule has 96 valence electrons. The number of hydrogen-bond acceptors (Lipinski definition) is 4. The van der Waals surface area contributed by atoms with Gasteiger partial charge < -0.3 is 15.4 Å². The third-order valence-corrected chi connectivity index (χ3v) is 2.84. The van der Waals surface area contributed by atoms with Crippen LogP contribution in [0.5, 0.6) is 0 Å². The zero-order valence-electron chi connectivity index (χ0n) is 10.4. The first kappa shape index (κ1) is 12.4. The van der Waals surface area contributed by atoms with Crippen LogP contribution in [0.3, 0.4) is 0 Å². The van der Waals surface area contributed by atoms with E-state index in [1.165, 1.54) is 0 Å². The Balaban J connectivity index is 2.26. The number of rotatable bonds is 3. The highest BCUT2D eigenvalue weighted by atomic mass is 16.5. The molecule has 0 saturated heterocycles. The normalized spacial score (nSPS) is 17.4. The van der Waals surface area contributed by atoms with Gasteiger partial charge >= 0.3 is 5.97 Å². The Morgan fingerprint density at radius 3 is 2.78 bits per heavy atom. The summed E-state index contributed by atoms with van der Waals surface area (Å²) in [5.41, 5.74) is 1.89. The molecule has 0 radical (unpaired) electrons. The molecule has 0 bridgehead atoms. The van der Waals surface area contributed by atoms with E-state index in [1.54, 1.807) is 25.1 Å². The second kappa shape index (κ2) is 5.08. The number of esters is 1. The van der Waals surface area contributed by atoms with Crippen molar-refractivity contribution in [3.8, 4) is 0 Å². The minimum atomic E-state index is -0.382. The number of carbonyl (C=O) groups is 2. The minimum Gasteiger partial charge on any atom is -0.462 e. The van der Waals surface area contributed by atoms with E-state index in [-0.39, 0.29) is 17.9 Å². The van der Waals surface area contributed by atoms with Crippen LogP contribution in [0.4, 0.5) is 11.4 Å². The van der Waals surface area contributed by atoms with Crippen LogP contribution < -0.4 is 10.6 Å². The number of fused-ring (bicyclic) bond motifs is 1. The van der Waals surface area contributed by atoms with Crippen molar-refractivity contribution in [2.45, 2.75) is 26.3 Å². The number of amides is 1. The first-order valence-corrected chi connectivity index (χ1v) is 6.04. The highest BCUT2D eigenvalue weighted by molar-refractivity contribution is 6.04. The lowest BCUT2D eigenvalue weighted by Gasteiger charge is -2.26. The average Bonchev–Trinajstić information content (AvgIpc) is 2.37. The van der Waals surface area contributed by atoms with Crippen LogP contribution >= 0.6 is 0 Å². The van der Waals surface area contributed by atoms with Crippen molar-refractivity contribution in [2.24, 2.45) is 0 Å². The molecule has 5 heteroatoms. The molecule has 1 amide bonds. The van der Waals surface area contributed by atoms with Crippen molar-refractivity contribution >= 4 is 23.3 Å². The van der Waals surface area contributed by atoms with Gasteiger partial charge in [0.15, 0.2) is 0 Å². The van der Waals surface area contributed by atoms with E-state index in [0.717, 1.165) is 5.69 Å².